The molecule has 3 aliphatic heterocycles. The summed E-state index contributed by atoms with van der Waals surface area (Å²) in [5.74, 6) is 1.81. The first-order chi connectivity index (χ1) is 13.5. The second kappa shape index (κ2) is 6.71. The summed E-state index contributed by atoms with van der Waals surface area (Å²) in [6.45, 7) is 7.28. The van der Waals surface area contributed by atoms with E-state index in [4.69, 9.17) is 9.15 Å². The summed E-state index contributed by atoms with van der Waals surface area (Å²) in [7, 11) is 0. The Morgan fingerprint density at radius 3 is 3.04 bits per heavy atom. The number of rotatable bonds is 5. The molecule has 0 aliphatic carbocycles. The molecular formula is C22H27N3O3. The molecule has 3 fully saturated rings. The summed E-state index contributed by atoms with van der Waals surface area (Å²) in [5, 5.41) is 3.16. The standard InChI is InChI=1S/C22H27N3O3/c1-14-5-6-17(15(2)24-14)21(26)23-10-18-19-12-25(11-16-4-3-9-27-16)13-22(19)8-7-20(18)28-22/h3-6,9,18-20H,7-8,10-13H2,1-2H3,(H,23,26)/t18-,19+,20+,22+/m0/s1. The molecule has 6 nitrogen and oxygen atoms in total. The Labute approximate surface area is 165 Å². The molecule has 5 heterocycles. The Kier molecular flexibility index (Phi) is 4.29. The van der Waals surface area contributed by atoms with E-state index in [0.29, 0.717) is 23.9 Å². The summed E-state index contributed by atoms with van der Waals surface area (Å²) in [6, 6.07) is 7.72. The van der Waals surface area contributed by atoms with Gasteiger partial charge in [0, 0.05) is 37.2 Å². The highest BCUT2D eigenvalue weighted by Gasteiger charge is 2.62. The third kappa shape index (κ3) is 2.95. The lowest BCUT2D eigenvalue weighted by Crippen LogP contribution is -2.42. The first-order valence-corrected chi connectivity index (χ1v) is 10.2. The van der Waals surface area contributed by atoms with Crippen LogP contribution in [0.5, 0.6) is 0 Å². The zero-order valence-corrected chi connectivity index (χ0v) is 16.5. The molecule has 3 saturated heterocycles. The van der Waals surface area contributed by atoms with Gasteiger partial charge in [0.1, 0.15) is 5.76 Å². The van der Waals surface area contributed by atoms with Gasteiger partial charge in [-0.15, -0.1) is 0 Å². The van der Waals surface area contributed by atoms with Gasteiger partial charge in [-0.25, -0.2) is 0 Å². The number of amides is 1. The van der Waals surface area contributed by atoms with Gasteiger partial charge in [0.15, 0.2) is 0 Å². The quantitative estimate of drug-likeness (QED) is 0.863. The van der Waals surface area contributed by atoms with E-state index in [1.807, 2.05) is 38.1 Å². The predicted molar refractivity (Wildman–Crippen MR) is 104 cm³/mol. The summed E-state index contributed by atoms with van der Waals surface area (Å²) >= 11 is 0. The molecule has 0 saturated carbocycles. The molecule has 28 heavy (non-hydrogen) atoms. The maximum atomic E-state index is 12.7. The van der Waals surface area contributed by atoms with Crippen LogP contribution >= 0.6 is 0 Å². The molecule has 2 aromatic rings. The number of nitrogens with one attached hydrogen (secondary N) is 1. The summed E-state index contributed by atoms with van der Waals surface area (Å²) in [4.78, 5) is 19.5. The van der Waals surface area contributed by atoms with E-state index in [1.54, 1.807) is 6.26 Å². The van der Waals surface area contributed by atoms with E-state index in [9.17, 15) is 4.79 Å². The van der Waals surface area contributed by atoms with Crippen LogP contribution in [0, 0.1) is 25.7 Å². The van der Waals surface area contributed by atoms with E-state index < -0.39 is 0 Å². The number of nitrogens with zero attached hydrogens (tertiary/aromatic N) is 2. The molecule has 5 rings (SSSR count). The minimum Gasteiger partial charge on any atom is -0.468 e. The molecule has 148 valence electrons. The lowest BCUT2D eigenvalue weighted by molar-refractivity contribution is 0.00168. The number of carbonyl (C=O) groups excluding carboxylic acids is 1. The van der Waals surface area contributed by atoms with Crippen molar-refractivity contribution in [1.29, 1.82) is 0 Å². The lowest BCUT2D eigenvalue weighted by Gasteiger charge is -2.29. The third-order valence-corrected chi connectivity index (χ3v) is 6.78. The molecule has 1 amide bonds. The summed E-state index contributed by atoms with van der Waals surface area (Å²) in [6.07, 6.45) is 4.22. The van der Waals surface area contributed by atoms with Crippen LogP contribution in [-0.2, 0) is 11.3 Å². The molecule has 1 N–H and O–H groups in total. The van der Waals surface area contributed by atoms with Gasteiger partial charge >= 0.3 is 0 Å². The number of aromatic nitrogens is 1. The van der Waals surface area contributed by atoms with Gasteiger partial charge in [-0.05, 0) is 51.0 Å². The minimum absolute atomic E-state index is 0.0337. The number of aryl methyl sites for hydroxylation is 2. The number of fused-ring (bicyclic) bond motifs is 1. The maximum Gasteiger partial charge on any atom is 0.253 e. The van der Waals surface area contributed by atoms with Crippen LogP contribution in [0.3, 0.4) is 0 Å². The molecule has 2 bridgehead atoms. The number of hydrogen-bond acceptors (Lipinski definition) is 5. The van der Waals surface area contributed by atoms with Crippen molar-refractivity contribution in [2.24, 2.45) is 11.8 Å². The molecule has 1 spiro atoms. The fraction of sp³-hybridized carbons (Fsp3) is 0.545. The average molecular weight is 381 g/mol. The lowest BCUT2D eigenvalue weighted by atomic mass is 9.73. The molecule has 0 aromatic carbocycles. The number of hydrogen-bond donors (Lipinski definition) is 1. The Bertz CT molecular complexity index is 881. The van der Waals surface area contributed by atoms with E-state index in [0.717, 1.165) is 49.6 Å². The van der Waals surface area contributed by atoms with Crippen molar-refractivity contribution in [3.8, 4) is 0 Å². The van der Waals surface area contributed by atoms with Gasteiger partial charge in [-0.3, -0.25) is 14.7 Å². The minimum atomic E-state index is -0.0349. The smallest absolute Gasteiger partial charge is 0.253 e. The monoisotopic (exact) mass is 381 g/mol. The zero-order valence-electron chi connectivity index (χ0n) is 16.5. The third-order valence-electron chi connectivity index (χ3n) is 6.78. The SMILES string of the molecule is Cc1ccc(C(=O)NC[C@H]2[C@H]3CN(Cc4ccco4)C[C@]34CC[C@H]2O4)c(C)n1. The number of ether oxygens (including phenoxy) is 1. The van der Waals surface area contributed by atoms with Gasteiger partial charge in [-0.1, -0.05) is 0 Å². The molecule has 6 heteroatoms. The van der Waals surface area contributed by atoms with E-state index >= 15 is 0 Å². The largest absolute Gasteiger partial charge is 0.468 e. The fourth-order valence-electron chi connectivity index (χ4n) is 5.54. The highest BCUT2D eigenvalue weighted by molar-refractivity contribution is 5.95. The normalized spacial score (nSPS) is 31.3. The highest BCUT2D eigenvalue weighted by atomic mass is 16.5. The van der Waals surface area contributed by atoms with Crippen LogP contribution in [0.15, 0.2) is 34.9 Å². The first kappa shape index (κ1) is 17.9. The van der Waals surface area contributed by atoms with Gasteiger partial charge in [-0.2, -0.15) is 0 Å². The Morgan fingerprint density at radius 2 is 2.25 bits per heavy atom. The van der Waals surface area contributed by atoms with Crippen LogP contribution in [-0.4, -0.2) is 47.1 Å². The first-order valence-electron chi connectivity index (χ1n) is 10.2. The molecular weight excluding hydrogens is 354 g/mol. The van der Waals surface area contributed by atoms with E-state index in [-0.39, 0.29) is 17.6 Å². The van der Waals surface area contributed by atoms with Crippen LogP contribution in [0.4, 0.5) is 0 Å². The molecule has 4 atom stereocenters. The van der Waals surface area contributed by atoms with Crippen LogP contribution in [0.25, 0.3) is 0 Å². The van der Waals surface area contributed by atoms with Crippen LogP contribution < -0.4 is 5.32 Å². The van der Waals surface area contributed by atoms with Crippen molar-refractivity contribution in [2.75, 3.05) is 19.6 Å². The number of likely N-dealkylation sites (tertiary alicyclic amines) is 1. The number of furan rings is 1. The van der Waals surface area contributed by atoms with Crippen molar-refractivity contribution in [2.45, 2.75) is 44.9 Å². The molecule has 0 unspecified atom stereocenters. The average Bonchev–Trinajstić information content (AvgIpc) is 3.41. The Morgan fingerprint density at radius 1 is 1.36 bits per heavy atom. The second-order valence-corrected chi connectivity index (χ2v) is 8.57. The number of carbonyl (C=O) groups is 1. The predicted octanol–water partition coefficient (Wildman–Crippen LogP) is 2.70. The maximum absolute atomic E-state index is 12.7. The Balaban J connectivity index is 1.25. The zero-order chi connectivity index (χ0) is 19.3. The van der Waals surface area contributed by atoms with Crippen molar-refractivity contribution >= 4 is 5.91 Å². The van der Waals surface area contributed by atoms with Gasteiger partial charge in [0.25, 0.3) is 5.91 Å². The summed E-state index contributed by atoms with van der Waals surface area (Å²) < 4.78 is 12.0. The van der Waals surface area contributed by atoms with Crippen LogP contribution in [0.2, 0.25) is 0 Å². The topological polar surface area (TPSA) is 67.6 Å². The molecule has 0 radical (unpaired) electrons. The highest BCUT2D eigenvalue weighted by Crippen LogP contribution is 2.54. The summed E-state index contributed by atoms with van der Waals surface area (Å²) in [5.41, 5.74) is 2.34. The van der Waals surface area contributed by atoms with Gasteiger partial charge in [0.05, 0.1) is 35.8 Å². The number of pyridine rings is 1. The fourth-order valence-corrected chi connectivity index (χ4v) is 5.54. The Hall–Kier alpha value is -2.18. The van der Waals surface area contributed by atoms with Gasteiger partial charge in [0.2, 0.25) is 0 Å². The van der Waals surface area contributed by atoms with Crippen molar-refractivity contribution in [1.82, 2.24) is 15.2 Å². The van der Waals surface area contributed by atoms with Gasteiger partial charge < -0.3 is 14.5 Å². The molecule has 3 aliphatic rings. The van der Waals surface area contributed by atoms with Crippen molar-refractivity contribution in [3.05, 3.63) is 53.2 Å². The van der Waals surface area contributed by atoms with Crippen molar-refractivity contribution in [3.63, 3.8) is 0 Å². The van der Waals surface area contributed by atoms with Crippen LogP contribution in [0.1, 0.15) is 40.3 Å². The van der Waals surface area contributed by atoms with Crippen molar-refractivity contribution < 1.29 is 13.9 Å². The molecule has 2 aromatic heterocycles. The second-order valence-electron chi connectivity index (χ2n) is 8.57. The van der Waals surface area contributed by atoms with E-state index in [2.05, 4.69) is 15.2 Å². The van der Waals surface area contributed by atoms with E-state index in [1.165, 1.54) is 0 Å².